The van der Waals surface area contributed by atoms with E-state index in [4.69, 9.17) is 0 Å². The quantitative estimate of drug-likeness (QED) is 0.899. The zero-order valence-electron chi connectivity index (χ0n) is 13.3. The van der Waals surface area contributed by atoms with Gasteiger partial charge in [-0.25, -0.2) is 4.98 Å². The number of H-pyrrole nitrogens is 1. The molecule has 1 saturated heterocycles. The van der Waals surface area contributed by atoms with Gasteiger partial charge >= 0.3 is 0 Å². The third kappa shape index (κ3) is 3.59. The van der Waals surface area contributed by atoms with Crippen LogP contribution >= 0.6 is 0 Å². The predicted molar refractivity (Wildman–Crippen MR) is 88.4 cm³/mol. The molecule has 6 heteroatoms. The molecule has 0 aliphatic carbocycles. The van der Waals surface area contributed by atoms with Crippen LogP contribution in [0.25, 0.3) is 0 Å². The predicted octanol–water partition coefficient (Wildman–Crippen LogP) is 1.64. The first-order chi connectivity index (χ1) is 11.0. The topological polar surface area (TPSA) is 78.1 Å². The van der Waals surface area contributed by atoms with Gasteiger partial charge in [-0.05, 0) is 12.5 Å². The van der Waals surface area contributed by atoms with Crippen molar-refractivity contribution in [2.75, 3.05) is 18.9 Å². The third-order valence-corrected chi connectivity index (χ3v) is 4.10. The van der Waals surface area contributed by atoms with Crippen molar-refractivity contribution in [2.45, 2.75) is 25.8 Å². The van der Waals surface area contributed by atoms with Crippen molar-refractivity contribution >= 4 is 11.9 Å². The van der Waals surface area contributed by atoms with Crippen molar-refractivity contribution in [3.63, 3.8) is 0 Å². The molecule has 1 aromatic carbocycles. The van der Waals surface area contributed by atoms with Crippen LogP contribution in [0.4, 0.5) is 5.95 Å². The van der Waals surface area contributed by atoms with Gasteiger partial charge in [-0.2, -0.15) is 0 Å². The number of benzene rings is 1. The Balaban J connectivity index is 1.74. The molecule has 0 radical (unpaired) electrons. The van der Waals surface area contributed by atoms with Gasteiger partial charge in [0.25, 0.3) is 5.56 Å². The van der Waals surface area contributed by atoms with E-state index in [-0.39, 0.29) is 17.4 Å². The minimum absolute atomic E-state index is 0.0188. The summed E-state index contributed by atoms with van der Waals surface area (Å²) in [5.41, 5.74) is 2.78. The van der Waals surface area contributed by atoms with Gasteiger partial charge in [0.05, 0.1) is 5.69 Å². The SMILES string of the molecule is Cc1ccc(CNc2nc([C@@H]3CC(=O)N(C)C3)cc(=O)[nH]2)cc1. The summed E-state index contributed by atoms with van der Waals surface area (Å²) >= 11 is 0. The molecule has 6 nitrogen and oxygen atoms in total. The van der Waals surface area contributed by atoms with Crippen molar-refractivity contribution in [1.29, 1.82) is 0 Å². The summed E-state index contributed by atoms with van der Waals surface area (Å²) in [6, 6.07) is 9.64. The molecule has 1 aliphatic rings. The molecule has 0 bridgehead atoms. The molecule has 0 saturated carbocycles. The van der Waals surface area contributed by atoms with E-state index < -0.39 is 0 Å². The Morgan fingerprint density at radius 1 is 1.30 bits per heavy atom. The molecule has 0 spiro atoms. The van der Waals surface area contributed by atoms with E-state index in [2.05, 4.69) is 15.3 Å². The lowest BCUT2D eigenvalue weighted by Gasteiger charge is -2.11. The molecule has 1 aromatic heterocycles. The number of likely N-dealkylation sites (N-methyl/N-ethyl adjacent to an activating group) is 1. The van der Waals surface area contributed by atoms with Crippen molar-refractivity contribution in [1.82, 2.24) is 14.9 Å². The maximum Gasteiger partial charge on any atom is 0.252 e. The molecule has 2 heterocycles. The highest BCUT2D eigenvalue weighted by molar-refractivity contribution is 5.79. The molecule has 2 N–H and O–H groups in total. The lowest BCUT2D eigenvalue weighted by molar-refractivity contribution is -0.126. The van der Waals surface area contributed by atoms with Gasteiger partial charge in [0.15, 0.2) is 0 Å². The fraction of sp³-hybridized carbons (Fsp3) is 0.353. The monoisotopic (exact) mass is 312 g/mol. The Hall–Kier alpha value is -2.63. The Labute approximate surface area is 134 Å². The highest BCUT2D eigenvalue weighted by atomic mass is 16.2. The minimum atomic E-state index is -0.205. The molecule has 23 heavy (non-hydrogen) atoms. The number of carbonyl (C=O) groups is 1. The summed E-state index contributed by atoms with van der Waals surface area (Å²) in [4.78, 5) is 32.4. The van der Waals surface area contributed by atoms with Crippen LogP contribution in [0.3, 0.4) is 0 Å². The first kappa shape index (κ1) is 15.3. The summed E-state index contributed by atoms with van der Waals surface area (Å²) < 4.78 is 0. The summed E-state index contributed by atoms with van der Waals surface area (Å²) in [7, 11) is 1.77. The number of nitrogens with one attached hydrogen (secondary N) is 2. The molecular weight excluding hydrogens is 292 g/mol. The van der Waals surface area contributed by atoms with E-state index in [0.29, 0.717) is 31.2 Å². The van der Waals surface area contributed by atoms with Gasteiger partial charge in [0.2, 0.25) is 11.9 Å². The standard InChI is InChI=1S/C17H20N4O2/c1-11-3-5-12(6-4-11)9-18-17-19-14(8-15(22)20-17)13-7-16(23)21(2)10-13/h3-6,8,13H,7,9-10H2,1-2H3,(H2,18,19,20,22)/t13-/m1/s1. The van der Waals surface area contributed by atoms with Crippen molar-refractivity contribution in [3.8, 4) is 0 Å². The average Bonchev–Trinajstić information content (AvgIpc) is 2.86. The van der Waals surface area contributed by atoms with Gasteiger partial charge in [-0.15, -0.1) is 0 Å². The number of hydrogen-bond acceptors (Lipinski definition) is 4. The minimum Gasteiger partial charge on any atom is -0.352 e. The second-order valence-electron chi connectivity index (χ2n) is 6.03. The molecule has 1 amide bonds. The number of aromatic amines is 1. The Morgan fingerprint density at radius 2 is 2.04 bits per heavy atom. The second kappa shape index (κ2) is 6.24. The number of likely N-dealkylation sites (tertiary alicyclic amines) is 1. The lowest BCUT2D eigenvalue weighted by atomic mass is 10.0. The highest BCUT2D eigenvalue weighted by Gasteiger charge is 2.29. The molecule has 2 aromatic rings. The van der Waals surface area contributed by atoms with Crippen LogP contribution in [-0.2, 0) is 11.3 Å². The smallest absolute Gasteiger partial charge is 0.252 e. The number of nitrogens with zero attached hydrogens (tertiary/aromatic N) is 2. The summed E-state index contributed by atoms with van der Waals surface area (Å²) in [6.45, 7) is 3.22. The first-order valence-corrected chi connectivity index (χ1v) is 7.66. The number of aryl methyl sites for hydroxylation is 1. The number of anilines is 1. The fourth-order valence-corrected chi connectivity index (χ4v) is 2.72. The Morgan fingerprint density at radius 3 is 2.70 bits per heavy atom. The van der Waals surface area contributed by atoms with Crippen LogP contribution in [0.5, 0.6) is 0 Å². The first-order valence-electron chi connectivity index (χ1n) is 7.66. The van der Waals surface area contributed by atoms with Crippen molar-refractivity contribution in [3.05, 3.63) is 57.5 Å². The van der Waals surface area contributed by atoms with E-state index >= 15 is 0 Å². The molecule has 0 unspecified atom stereocenters. The van der Waals surface area contributed by atoms with Gasteiger partial charge < -0.3 is 10.2 Å². The Bertz CT molecular complexity index is 767. The zero-order valence-corrected chi connectivity index (χ0v) is 13.3. The van der Waals surface area contributed by atoms with Gasteiger partial charge in [-0.1, -0.05) is 29.8 Å². The van der Waals surface area contributed by atoms with Gasteiger partial charge in [-0.3, -0.25) is 14.6 Å². The molecular formula is C17H20N4O2. The van der Waals surface area contributed by atoms with Crippen LogP contribution in [0.1, 0.15) is 29.2 Å². The summed E-state index contributed by atoms with van der Waals surface area (Å²) in [6.07, 6.45) is 0.407. The van der Waals surface area contributed by atoms with E-state index in [1.165, 1.54) is 11.6 Å². The van der Waals surface area contributed by atoms with E-state index in [0.717, 1.165) is 5.56 Å². The number of amides is 1. The van der Waals surface area contributed by atoms with Crippen molar-refractivity contribution in [2.24, 2.45) is 0 Å². The maximum atomic E-state index is 11.9. The number of hydrogen-bond donors (Lipinski definition) is 2. The van der Waals surface area contributed by atoms with Gasteiger partial charge in [0.1, 0.15) is 0 Å². The zero-order chi connectivity index (χ0) is 16.4. The van der Waals surface area contributed by atoms with E-state index in [1.807, 2.05) is 31.2 Å². The van der Waals surface area contributed by atoms with Crippen LogP contribution in [0.15, 0.2) is 35.1 Å². The maximum absolute atomic E-state index is 11.9. The fourth-order valence-electron chi connectivity index (χ4n) is 2.72. The average molecular weight is 312 g/mol. The van der Waals surface area contributed by atoms with Crippen LogP contribution in [-0.4, -0.2) is 34.4 Å². The Kier molecular flexibility index (Phi) is 4.14. The highest BCUT2D eigenvalue weighted by Crippen LogP contribution is 2.25. The molecule has 3 rings (SSSR count). The third-order valence-electron chi connectivity index (χ3n) is 4.10. The molecule has 1 fully saturated rings. The van der Waals surface area contributed by atoms with Crippen LogP contribution < -0.4 is 10.9 Å². The number of aromatic nitrogens is 2. The van der Waals surface area contributed by atoms with Gasteiger partial charge in [0, 0.05) is 38.5 Å². The van der Waals surface area contributed by atoms with Crippen LogP contribution in [0, 0.1) is 6.92 Å². The largest absolute Gasteiger partial charge is 0.352 e. The summed E-state index contributed by atoms with van der Waals surface area (Å²) in [5, 5.41) is 3.14. The second-order valence-corrected chi connectivity index (χ2v) is 6.03. The molecule has 120 valence electrons. The summed E-state index contributed by atoms with van der Waals surface area (Å²) in [5.74, 6) is 0.510. The molecule has 1 aliphatic heterocycles. The number of carbonyl (C=O) groups excluding carboxylic acids is 1. The van der Waals surface area contributed by atoms with E-state index in [9.17, 15) is 9.59 Å². The van der Waals surface area contributed by atoms with Crippen LogP contribution in [0.2, 0.25) is 0 Å². The molecule has 1 atom stereocenters. The normalized spacial score (nSPS) is 17.6. The van der Waals surface area contributed by atoms with Crippen molar-refractivity contribution < 1.29 is 4.79 Å². The number of rotatable bonds is 4. The lowest BCUT2D eigenvalue weighted by Crippen LogP contribution is -2.19. The van der Waals surface area contributed by atoms with E-state index in [1.54, 1.807) is 11.9 Å².